The average molecular weight is 389 g/mol. The molecule has 0 aliphatic carbocycles. The summed E-state index contributed by atoms with van der Waals surface area (Å²) in [6, 6.07) is 20.4. The first-order chi connectivity index (χ1) is 14.1. The van der Waals surface area contributed by atoms with Gasteiger partial charge in [0.05, 0.1) is 11.9 Å². The van der Waals surface area contributed by atoms with Crippen LogP contribution in [0.2, 0.25) is 0 Å². The predicted molar refractivity (Wildman–Crippen MR) is 109 cm³/mol. The van der Waals surface area contributed by atoms with Crippen molar-refractivity contribution in [1.29, 1.82) is 0 Å². The maximum atomic E-state index is 12.1. The lowest BCUT2D eigenvalue weighted by molar-refractivity contribution is -0.124. The number of nitrogens with one attached hydrogen (secondary N) is 1. The lowest BCUT2D eigenvalue weighted by Crippen LogP contribution is -2.30. The molecule has 0 unspecified atom stereocenters. The summed E-state index contributed by atoms with van der Waals surface area (Å²) in [5, 5.41) is 2.82. The van der Waals surface area contributed by atoms with E-state index in [9.17, 15) is 9.59 Å². The van der Waals surface area contributed by atoms with Crippen LogP contribution in [0.25, 0.3) is 0 Å². The molecule has 3 aromatic rings. The number of amides is 1. The van der Waals surface area contributed by atoms with Crippen molar-refractivity contribution in [1.82, 2.24) is 15.3 Å². The van der Waals surface area contributed by atoms with Crippen molar-refractivity contribution in [2.24, 2.45) is 0 Å². The predicted octanol–water partition coefficient (Wildman–Crippen LogP) is 3.28. The van der Waals surface area contributed by atoms with Gasteiger partial charge in [0.25, 0.3) is 5.91 Å². The zero-order valence-electron chi connectivity index (χ0n) is 16.2. The normalized spacial score (nSPS) is 10.6. The van der Waals surface area contributed by atoms with E-state index in [1.165, 1.54) is 23.5 Å². The first kappa shape index (κ1) is 20.2. The van der Waals surface area contributed by atoms with Gasteiger partial charge in [-0.15, -0.1) is 0 Å². The Labute approximate surface area is 170 Å². The van der Waals surface area contributed by atoms with Crippen LogP contribution in [-0.2, 0) is 9.53 Å². The van der Waals surface area contributed by atoms with Gasteiger partial charge in [0.2, 0.25) is 0 Å². The van der Waals surface area contributed by atoms with Crippen LogP contribution in [0.15, 0.2) is 73.1 Å². The van der Waals surface area contributed by atoms with Crippen LogP contribution < -0.4 is 5.32 Å². The van der Waals surface area contributed by atoms with Crippen LogP contribution in [0.3, 0.4) is 0 Å². The zero-order valence-corrected chi connectivity index (χ0v) is 16.2. The third-order valence-corrected chi connectivity index (χ3v) is 4.48. The first-order valence-corrected chi connectivity index (χ1v) is 9.46. The molecule has 0 aliphatic heterocycles. The number of hydrogen-bond donors (Lipinski definition) is 1. The number of carbonyl (C=O) groups excluding carboxylic acids is 2. The van der Waals surface area contributed by atoms with Crippen molar-refractivity contribution in [2.45, 2.75) is 19.3 Å². The van der Waals surface area contributed by atoms with E-state index < -0.39 is 5.97 Å². The molecule has 0 aliphatic rings. The standard InChI is InChI=1S/C23H23N3O3/c1-17-14-26-21(15-25-17)23(28)29-16-22(27)24-13-12-20(18-8-4-2-5-9-18)19-10-6-3-7-11-19/h2-11,14-15,20H,12-13,16H2,1H3,(H,24,27). The molecule has 0 saturated heterocycles. The van der Waals surface area contributed by atoms with E-state index in [2.05, 4.69) is 39.6 Å². The number of rotatable bonds is 8. The third kappa shape index (κ3) is 5.97. The Balaban J connectivity index is 1.51. The van der Waals surface area contributed by atoms with Gasteiger partial charge in [0.15, 0.2) is 12.3 Å². The Morgan fingerprint density at radius 3 is 2.10 bits per heavy atom. The summed E-state index contributed by atoms with van der Waals surface area (Å²) in [6.45, 7) is 1.89. The minimum Gasteiger partial charge on any atom is -0.451 e. The Morgan fingerprint density at radius 2 is 1.55 bits per heavy atom. The minimum atomic E-state index is -0.668. The van der Waals surface area contributed by atoms with Gasteiger partial charge in [-0.2, -0.15) is 0 Å². The Morgan fingerprint density at radius 1 is 0.931 bits per heavy atom. The molecule has 6 nitrogen and oxygen atoms in total. The fraction of sp³-hybridized carbons (Fsp3) is 0.217. The largest absolute Gasteiger partial charge is 0.451 e. The number of hydrogen-bond acceptors (Lipinski definition) is 5. The number of esters is 1. The minimum absolute atomic E-state index is 0.0802. The van der Waals surface area contributed by atoms with Crippen LogP contribution in [0, 0.1) is 6.92 Å². The SMILES string of the molecule is Cc1cnc(C(=O)OCC(=O)NCCC(c2ccccc2)c2ccccc2)cn1. The van der Waals surface area contributed by atoms with Crippen molar-refractivity contribution in [3.05, 3.63) is 95.6 Å². The molecule has 0 bridgehead atoms. The number of aryl methyl sites for hydroxylation is 1. The fourth-order valence-electron chi connectivity index (χ4n) is 3.01. The number of benzene rings is 2. The first-order valence-electron chi connectivity index (χ1n) is 9.46. The van der Waals surface area contributed by atoms with Gasteiger partial charge in [0, 0.05) is 18.7 Å². The molecule has 2 aromatic carbocycles. The lowest BCUT2D eigenvalue weighted by Gasteiger charge is -2.18. The van der Waals surface area contributed by atoms with Gasteiger partial charge in [-0.3, -0.25) is 9.78 Å². The molecule has 1 heterocycles. The van der Waals surface area contributed by atoms with Crippen molar-refractivity contribution < 1.29 is 14.3 Å². The van der Waals surface area contributed by atoms with Crippen LogP contribution in [0.1, 0.15) is 39.6 Å². The molecule has 0 spiro atoms. The van der Waals surface area contributed by atoms with Gasteiger partial charge in [-0.25, -0.2) is 9.78 Å². The molecule has 1 aromatic heterocycles. The smallest absolute Gasteiger partial charge is 0.359 e. The molecule has 0 saturated carbocycles. The van der Waals surface area contributed by atoms with Crippen LogP contribution in [0.5, 0.6) is 0 Å². The maximum absolute atomic E-state index is 12.1. The highest BCUT2D eigenvalue weighted by molar-refractivity contribution is 5.89. The van der Waals surface area contributed by atoms with E-state index in [0.717, 1.165) is 6.42 Å². The van der Waals surface area contributed by atoms with Gasteiger partial charge in [-0.05, 0) is 24.5 Å². The van der Waals surface area contributed by atoms with Crippen molar-refractivity contribution in [3.8, 4) is 0 Å². The summed E-state index contributed by atoms with van der Waals surface area (Å²) in [5.41, 5.74) is 3.16. The molecular weight excluding hydrogens is 366 g/mol. The van der Waals surface area contributed by atoms with E-state index in [1.54, 1.807) is 6.92 Å². The van der Waals surface area contributed by atoms with E-state index >= 15 is 0 Å². The van der Waals surface area contributed by atoms with E-state index in [4.69, 9.17) is 4.74 Å². The third-order valence-electron chi connectivity index (χ3n) is 4.48. The number of nitrogens with zero attached hydrogens (tertiary/aromatic N) is 2. The Hall–Kier alpha value is -3.54. The van der Waals surface area contributed by atoms with Gasteiger partial charge >= 0.3 is 5.97 Å². The number of aromatic nitrogens is 2. The number of carbonyl (C=O) groups is 2. The van der Waals surface area contributed by atoms with Gasteiger partial charge in [0.1, 0.15) is 0 Å². The highest BCUT2D eigenvalue weighted by Gasteiger charge is 2.15. The summed E-state index contributed by atoms with van der Waals surface area (Å²) in [4.78, 5) is 31.9. The molecule has 6 heteroatoms. The second-order valence-corrected chi connectivity index (χ2v) is 6.63. The summed E-state index contributed by atoms with van der Waals surface area (Å²) >= 11 is 0. The average Bonchev–Trinajstić information content (AvgIpc) is 2.77. The second kappa shape index (κ2) is 10.1. The molecule has 1 N–H and O–H groups in total. The fourth-order valence-corrected chi connectivity index (χ4v) is 3.01. The monoisotopic (exact) mass is 389 g/mol. The van der Waals surface area contributed by atoms with E-state index in [1.807, 2.05) is 36.4 Å². The highest BCUT2D eigenvalue weighted by Crippen LogP contribution is 2.27. The quantitative estimate of drug-likeness (QED) is 0.598. The topological polar surface area (TPSA) is 81.2 Å². The van der Waals surface area contributed by atoms with Crippen molar-refractivity contribution in [3.63, 3.8) is 0 Å². The van der Waals surface area contributed by atoms with Gasteiger partial charge in [-0.1, -0.05) is 60.7 Å². The Bertz CT molecular complexity index is 889. The maximum Gasteiger partial charge on any atom is 0.359 e. The molecular formula is C23H23N3O3. The molecule has 0 atom stereocenters. The molecule has 3 rings (SSSR count). The van der Waals surface area contributed by atoms with Crippen LogP contribution in [0.4, 0.5) is 0 Å². The zero-order chi connectivity index (χ0) is 20.5. The van der Waals surface area contributed by atoms with Crippen molar-refractivity contribution >= 4 is 11.9 Å². The summed E-state index contributed by atoms with van der Waals surface area (Å²) in [6.07, 6.45) is 3.54. The van der Waals surface area contributed by atoms with Crippen LogP contribution in [-0.4, -0.2) is 35.0 Å². The molecule has 0 radical (unpaired) electrons. The highest BCUT2D eigenvalue weighted by atomic mass is 16.5. The van der Waals surface area contributed by atoms with E-state index in [0.29, 0.717) is 12.2 Å². The molecule has 1 amide bonds. The molecule has 29 heavy (non-hydrogen) atoms. The van der Waals surface area contributed by atoms with Crippen molar-refractivity contribution in [2.75, 3.05) is 13.2 Å². The summed E-state index contributed by atoms with van der Waals surface area (Å²) in [5.74, 6) is -0.847. The molecule has 0 fully saturated rings. The summed E-state index contributed by atoms with van der Waals surface area (Å²) < 4.78 is 5.00. The van der Waals surface area contributed by atoms with Crippen LogP contribution >= 0.6 is 0 Å². The summed E-state index contributed by atoms with van der Waals surface area (Å²) in [7, 11) is 0. The molecule has 148 valence electrons. The van der Waals surface area contributed by atoms with E-state index in [-0.39, 0.29) is 24.1 Å². The van der Waals surface area contributed by atoms with Gasteiger partial charge < -0.3 is 10.1 Å². The lowest BCUT2D eigenvalue weighted by atomic mass is 9.88. The Kier molecular flexibility index (Phi) is 7.05. The number of ether oxygens (including phenoxy) is 1. The second-order valence-electron chi connectivity index (χ2n) is 6.63.